The summed E-state index contributed by atoms with van der Waals surface area (Å²) in [6.07, 6.45) is 2.65. The molecule has 0 aromatic heterocycles. The minimum absolute atomic E-state index is 0.761. The lowest BCUT2D eigenvalue weighted by molar-refractivity contribution is 0.398. The Morgan fingerprint density at radius 1 is 1.54 bits per heavy atom. The highest BCUT2D eigenvalue weighted by Gasteiger charge is 2.17. The molecular formula is C10H22N2S. The Balaban J connectivity index is 1.88. The Hall–Kier alpha value is 0.270. The van der Waals surface area contributed by atoms with Crippen molar-refractivity contribution in [2.24, 2.45) is 0 Å². The molecule has 1 aliphatic rings. The van der Waals surface area contributed by atoms with Crippen LogP contribution in [0.2, 0.25) is 0 Å². The topological polar surface area (TPSA) is 15.3 Å². The maximum atomic E-state index is 3.62. The van der Waals surface area contributed by atoms with Crippen LogP contribution in [0.4, 0.5) is 0 Å². The van der Waals surface area contributed by atoms with Gasteiger partial charge in [0.15, 0.2) is 0 Å². The van der Waals surface area contributed by atoms with Crippen LogP contribution in [0, 0.1) is 0 Å². The molecule has 0 aromatic rings. The van der Waals surface area contributed by atoms with Gasteiger partial charge in [0.2, 0.25) is 0 Å². The van der Waals surface area contributed by atoms with Crippen molar-refractivity contribution in [3.05, 3.63) is 0 Å². The number of rotatable bonds is 6. The molecule has 0 aromatic carbocycles. The zero-order valence-corrected chi connectivity index (χ0v) is 9.70. The largest absolute Gasteiger partial charge is 0.313 e. The van der Waals surface area contributed by atoms with Crippen LogP contribution in [0.5, 0.6) is 0 Å². The summed E-state index contributed by atoms with van der Waals surface area (Å²) in [7, 11) is 2.20. The fraction of sp³-hybridized carbons (Fsp3) is 1.00. The number of hydrogen-bond acceptors (Lipinski definition) is 3. The third kappa shape index (κ3) is 4.89. The summed E-state index contributed by atoms with van der Waals surface area (Å²) in [6.45, 7) is 5.93. The van der Waals surface area contributed by atoms with Gasteiger partial charge in [0.1, 0.15) is 0 Å². The number of nitrogens with zero attached hydrogens (tertiary/aromatic N) is 1. The molecule has 0 spiro atoms. The van der Waals surface area contributed by atoms with Crippen molar-refractivity contribution >= 4 is 11.8 Å². The first kappa shape index (κ1) is 11.3. The molecule has 0 aliphatic carbocycles. The van der Waals surface area contributed by atoms with Gasteiger partial charge in [-0.25, -0.2) is 0 Å². The molecule has 2 nitrogen and oxygen atoms in total. The lowest BCUT2D eigenvalue weighted by Gasteiger charge is -2.12. The molecule has 0 bridgehead atoms. The van der Waals surface area contributed by atoms with Crippen LogP contribution in [0.15, 0.2) is 0 Å². The SMILES string of the molecule is CCSCCCNC1CCN(C)C1. The summed E-state index contributed by atoms with van der Waals surface area (Å²) in [5.41, 5.74) is 0. The van der Waals surface area contributed by atoms with E-state index in [-0.39, 0.29) is 0 Å². The Morgan fingerprint density at radius 3 is 3.00 bits per heavy atom. The van der Waals surface area contributed by atoms with Gasteiger partial charge in [-0.2, -0.15) is 11.8 Å². The van der Waals surface area contributed by atoms with Gasteiger partial charge in [0.05, 0.1) is 0 Å². The van der Waals surface area contributed by atoms with Gasteiger partial charge in [-0.1, -0.05) is 6.92 Å². The second-order valence-corrected chi connectivity index (χ2v) is 5.15. The van der Waals surface area contributed by atoms with E-state index >= 15 is 0 Å². The molecule has 1 unspecified atom stereocenters. The molecular weight excluding hydrogens is 180 g/mol. The Kier molecular flexibility index (Phi) is 5.83. The Bertz CT molecular complexity index is 130. The van der Waals surface area contributed by atoms with Crippen LogP contribution >= 0.6 is 11.8 Å². The van der Waals surface area contributed by atoms with Gasteiger partial charge >= 0.3 is 0 Å². The molecule has 1 atom stereocenters. The quantitative estimate of drug-likeness (QED) is 0.656. The second-order valence-electron chi connectivity index (χ2n) is 3.75. The minimum atomic E-state index is 0.761. The molecule has 3 heteroatoms. The maximum absolute atomic E-state index is 3.62. The van der Waals surface area contributed by atoms with Gasteiger partial charge in [0.25, 0.3) is 0 Å². The maximum Gasteiger partial charge on any atom is 0.0207 e. The highest BCUT2D eigenvalue weighted by atomic mass is 32.2. The van der Waals surface area contributed by atoms with Crippen LogP contribution in [0.25, 0.3) is 0 Å². The second kappa shape index (κ2) is 6.68. The lowest BCUT2D eigenvalue weighted by Crippen LogP contribution is -2.32. The third-order valence-corrected chi connectivity index (χ3v) is 3.48. The van der Waals surface area contributed by atoms with E-state index in [0.717, 1.165) is 6.04 Å². The highest BCUT2D eigenvalue weighted by molar-refractivity contribution is 7.99. The van der Waals surface area contributed by atoms with Gasteiger partial charge in [-0.3, -0.25) is 0 Å². The standard InChI is InChI=1S/C10H22N2S/c1-3-13-8-4-6-11-10-5-7-12(2)9-10/h10-11H,3-9H2,1-2H3. The molecule has 0 radical (unpaired) electrons. The van der Waals surface area contributed by atoms with Crippen LogP contribution in [0.3, 0.4) is 0 Å². The van der Waals surface area contributed by atoms with Crippen LogP contribution < -0.4 is 5.32 Å². The molecule has 0 amide bonds. The van der Waals surface area contributed by atoms with Gasteiger partial charge in [-0.15, -0.1) is 0 Å². The normalized spacial score (nSPS) is 24.0. The fourth-order valence-corrected chi connectivity index (χ4v) is 2.36. The summed E-state index contributed by atoms with van der Waals surface area (Å²) in [5.74, 6) is 2.57. The van der Waals surface area contributed by atoms with E-state index < -0.39 is 0 Å². The average Bonchev–Trinajstić information content (AvgIpc) is 2.51. The summed E-state index contributed by atoms with van der Waals surface area (Å²) >= 11 is 2.04. The fourth-order valence-electron chi connectivity index (χ4n) is 1.73. The molecule has 1 heterocycles. The first-order chi connectivity index (χ1) is 6.33. The lowest BCUT2D eigenvalue weighted by atomic mass is 10.2. The van der Waals surface area contributed by atoms with Gasteiger partial charge in [-0.05, 0) is 44.5 Å². The molecule has 1 N–H and O–H groups in total. The molecule has 78 valence electrons. The third-order valence-electron chi connectivity index (χ3n) is 2.49. The van der Waals surface area contributed by atoms with Crippen molar-refractivity contribution in [1.82, 2.24) is 10.2 Å². The van der Waals surface area contributed by atoms with E-state index in [1.165, 1.54) is 44.0 Å². The van der Waals surface area contributed by atoms with E-state index in [4.69, 9.17) is 0 Å². The van der Waals surface area contributed by atoms with E-state index in [9.17, 15) is 0 Å². The van der Waals surface area contributed by atoms with Crippen molar-refractivity contribution in [2.75, 3.05) is 38.2 Å². The zero-order valence-electron chi connectivity index (χ0n) is 8.88. The summed E-state index contributed by atoms with van der Waals surface area (Å²) in [5, 5.41) is 3.62. The van der Waals surface area contributed by atoms with Crippen LogP contribution in [-0.2, 0) is 0 Å². The number of hydrogen-bond donors (Lipinski definition) is 1. The van der Waals surface area contributed by atoms with Crippen molar-refractivity contribution in [1.29, 1.82) is 0 Å². The predicted octanol–water partition coefficient (Wildman–Crippen LogP) is 1.42. The van der Waals surface area contributed by atoms with E-state index in [1.807, 2.05) is 11.8 Å². The number of likely N-dealkylation sites (tertiary alicyclic amines) is 1. The van der Waals surface area contributed by atoms with Crippen molar-refractivity contribution in [2.45, 2.75) is 25.8 Å². The van der Waals surface area contributed by atoms with Crippen molar-refractivity contribution < 1.29 is 0 Å². The first-order valence-electron chi connectivity index (χ1n) is 5.32. The molecule has 1 fully saturated rings. The average molecular weight is 202 g/mol. The number of likely N-dealkylation sites (N-methyl/N-ethyl adjacent to an activating group) is 1. The minimum Gasteiger partial charge on any atom is -0.313 e. The van der Waals surface area contributed by atoms with Crippen LogP contribution in [0.1, 0.15) is 19.8 Å². The Labute approximate surface area is 86.5 Å². The monoisotopic (exact) mass is 202 g/mol. The summed E-state index contributed by atoms with van der Waals surface area (Å²) < 4.78 is 0. The highest BCUT2D eigenvalue weighted by Crippen LogP contribution is 2.06. The smallest absolute Gasteiger partial charge is 0.0207 e. The van der Waals surface area contributed by atoms with Crippen molar-refractivity contribution in [3.63, 3.8) is 0 Å². The first-order valence-corrected chi connectivity index (χ1v) is 6.48. The molecule has 1 aliphatic heterocycles. The summed E-state index contributed by atoms with van der Waals surface area (Å²) in [4.78, 5) is 2.40. The van der Waals surface area contributed by atoms with E-state index in [1.54, 1.807) is 0 Å². The molecule has 13 heavy (non-hydrogen) atoms. The Morgan fingerprint density at radius 2 is 2.38 bits per heavy atom. The molecule has 0 saturated carbocycles. The zero-order chi connectivity index (χ0) is 9.52. The molecule has 1 rings (SSSR count). The van der Waals surface area contributed by atoms with Crippen LogP contribution in [-0.4, -0.2) is 49.1 Å². The summed E-state index contributed by atoms with van der Waals surface area (Å²) in [6, 6.07) is 0.761. The number of thioether (sulfide) groups is 1. The predicted molar refractivity (Wildman–Crippen MR) is 61.5 cm³/mol. The molecule has 1 saturated heterocycles. The number of nitrogens with one attached hydrogen (secondary N) is 1. The van der Waals surface area contributed by atoms with Crippen molar-refractivity contribution in [3.8, 4) is 0 Å². The van der Waals surface area contributed by atoms with E-state index in [2.05, 4.69) is 24.2 Å². The van der Waals surface area contributed by atoms with Gasteiger partial charge < -0.3 is 10.2 Å². The van der Waals surface area contributed by atoms with Gasteiger partial charge in [0, 0.05) is 12.6 Å². The van der Waals surface area contributed by atoms with E-state index in [0.29, 0.717) is 0 Å².